The standard InChI is InChI=1S/C14H16ClF3N2O3/c15-10-5-4-9(14(16,17)18)8-11(10)20-13(23)12(22)19-6-2-1-3-7-21/h4-5,8,21H,1-3,6-7H2,(H,19,22)(H,20,23). The Morgan fingerprint density at radius 2 is 1.83 bits per heavy atom. The van der Waals surface area contributed by atoms with Crippen molar-refractivity contribution in [2.45, 2.75) is 25.4 Å². The van der Waals surface area contributed by atoms with E-state index < -0.39 is 23.6 Å². The van der Waals surface area contributed by atoms with Crippen LogP contribution in [0.25, 0.3) is 0 Å². The van der Waals surface area contributed by atoms with E-state index in [0.29, 0.717) is 25.3 Å². The Morgan fingerprint density at radius 3 is 2.43 bits per heavy atom. The largest absolute Gasteiger partial charge is 0.416 e. The predicted octanol–water partition coefficient (Wildman–Crippen LogP) is 2.58. The molecule has 0 saturated carbocycles. The van der Waals surface area contributed by atoms with Crippen LogP contribution in [0.3, 0.4) is 0 Å². The fraction of sp³-hybridized carbons (Fsp3) is 0.429. The molecule has 128 valence electrons. The number of hydrogen-bond donors (Lipinski definition) is 3. The summed E-state index contributed by atoms with van der Waals surface area (Å²) in [6, 6.07) is 2.43. The molecule has 1 aromatic carbocycles. The van der Waals surface area contributed by atoms with E-state index in [1.54, 1.807) is 0 Å². The molecule has 5 nitrogen and oxygen atoms in total. The maximum absolute atomic E-state index is 12.6. The van der Waals surface area contributed by atoms with Gasteiger partial charge in [0.15, 0.2) is 0 Å². The number of unbranched alkanes of at least 4 members (excludes halogenated alkanes) is 2. The number of rotatable bonds is 6. The average molecular weight is 353 g/mol. The summed E-state index contributed by atoms with van der Waals surface area (Å²) in [6.45, 7) is 0.269. The quantitative estimate of drug-likeness (QED) is 0.544. The van der Waals surface area contributed by atoms with Gasteiger partial charge in [-0.25, -0.2) is 0 Å². The van der Waals surface area contributed by atoms with Crippen molar-refractivity contribution >= 4 is 29.1 Å². The van der Waals surface area contributed by atoms with Gasteiger partial charge in [0.2, 0.25) is 0 Å². The summed E-state index contributed by atoms with van der Waals surface area (Å²) in [6.07, 6.45) is -2.75. The highest BCUT2D eigenvalue weighted by Gasteiger charge is 2.31. The minimum Gasteiger partial charge on any atom is -0.396 e. The van der Waals surface area contributed by atoms with Gasteiger partial charge in [0.25, 0.3) is 0 Å². The highest BCUT2D eigenvalue weighted by molar-refractivity contribution is 6.41. The molecular formula is C14H16ClF3N2O3. The molecule has 0 atom stereocenters. The van der Waals surface area contributed by atoms with Crippen LogP contribution in [0.15, 0.2) is 18.2 Å². The number of benzene rings is 1. The van der Waals surface area contributed by atoms with E-state index in [-0.39, 0.29) is 23.9 Å². The number of anilines is 1. The average Bonchev–Trinajstić information content (AvgIpc) is 2.47. The molecule has 0 bridgehead atoms. The zero-order valence-corrected chi connectivity index (χ0v) is 12.8. The maximum Gasteiger partial charge on any atom is 0.416 e. The van der Waals surface area contributed by atoms with Gasteiger partial charge in [-0.2, -0.15) is 13.2 Å². The first-order valence-corrected chi connectivity index (χ1v) is 7.20. The molecule has 0 heterocycles. The summed E-state index contributed by atoms with van der Waals surface area (Å²) >= 11 is 5.72. The van der Waals surface area contributed by atoms with Crippen LogP contribution in [0, 0.1) is 0 Å². The molecule has 1 aromatic rings. The molecule has 23 heavy (non-hydrogen) atoms. The van der Waals surface area contributed by atoms with Crippen LogP contribution in [0.1, 0.15) is 24.8 Å². The lowest BCUT2D eigenvalue weighted by Gasteiger charge is -2.11. The number of aliphatic hydroxyl groups is 1. The normalized spacial score (nSPS) is 11.2. The number of hydrogen-bond acceptors (Lipinski definition) is 3. The van der Waals surface area contributed by atoms with E-state index >= 15 is 0 Å². The Morgan fingerprint density at radius 1 is 1.13 bits per heavy atom. The number of aliphatic hydroxyl groups excluding tert-OH is 1. The zero-order chi connectivity index (χ0) is 17.5. The molecule has 0 aliphatic heterocycles. The van der Waals surface area contributed by atoms with Crippen LogP contribution < -0.4 is 10.6 Å². The second-order valence-corrected chi connectivity index (χ2v) is 5.09. The first kappa shape index (κ1) is 19.2. The van der Waals surface area contributed by atoms with Gasteiger partial charge < -0.3 is 15.7 Å². The van der Waals surface area contributed by atoms with Crippen molar-refractivity contribution in [3.63, 3.8) is 0 Å². The van der Waals surface area contributed by atoms with Crippen molar-refractivity contribution in [3.8, 4) is 0 Å². The van der Waals surface area contributed by atoms with Crippen molar-refractivity contribution in [2.75, 3.05) is 18.5 Å². The number of halogens is 4. The summed E-state index contributed by atoms with van der Waals surface area (Å²) in [4.78, 5) is 23.2. The lowest BCUT2D eigenvalue weighted by Crippen LogP contribution is -2.36. The van der Waals surface area contributed by atoms with Crippen molar-refractivity contribution in [1.29, 1.82) is 0 Å². The van der Waals surface area contributed by atoms with Gasteiger partial charge in [0, 0.05) is 13.2 Å². The molecule has 0 unspecified atom stereocenters. The Bertz CT molecular complexity index is 565. The lowest BCUT2D eigenvalue weighted by atomic mass is 10.2. The zero-order valence-electron chi connectivity index (χ0n) is 12.0. The number of alkyl halides is 3. The lowest BCUT2D eigenvalue weighted by molar-refractivity contribution is -0.137. The minimum absolute atomic E-state index is 0.0441. The summed E-state index contributed by atoms with van der Waals surface area (Å²) in [5, 5.41) is 12.9. The SMILES string of the molecule is O=C(NCCCCCO)C(=O)Nc1cc(C(F)(F)F)ccc1Cl. The third-order valence-electron chi connectivity index (χ3n) is 2.87. The first-order valence-electron chi connectivity index (χ1n) is 6.82. The predicted molar refractivity (Wildman–Crippen MR) is 79.0 cm³/mol. The second-order valence-electron chi connectivity index (χ2n) is 4.69. The van der Waals surface area contributed by atoms with E-state index in [0.717, 1.165) is 12.1 Å². The Kier molecular flexibility index (Phi) is 7.31. The third kappa shape index (κ3) is 6.45. The third-order valence-corrected chi connectivity index (χ3v) is 3.20. The van der Waals surface area contributed by atoms with Crippen molar-refractivity contribution in [2.24, 2.45) is 0 Å². The Balaban J connectivity index is 2.61. The monoisotopic (exact) mass is 352 g/mol. The van der Waals surface area contributed by atoms with Gasteiger partial charge in [0.05, 0.1) is 16.3 Å². The summed E-state index contributed by atoms with van der Waals surface area (Å²) in [5.74, 6) is -2.07. The fourth-order valence-corrected chi connectivity index (χ4v) is 1.84. The number of nitrogens with one attached hydrogen (secondary N) is 2. The molecule has 3 N–H and O–H groups in total. The van der Waals surface area contributed by atoms with E-state index in [1.165, 1.54) is 0 Å². The molecule has 0 spiro atoms. The van der Waals surface area contributed by atoms with Gasteiger partial charge in [0.1, 0.15) is 0 Å². The molecule has 0 aliphatic carbocycles. The van der Waals surface area contributed by atoms with Crippen LogP contribution in [0.5, 0.6) is 0 Å². The van der Waals surface area contributed by atoms with Gasteiger partial charge in [-0.3, -0.25) is 9.59 Å². The second kappa shape index (κ2) is 8.73. The summed E-state index contributed by atoms with van der Waals surface area (Å²) in [5.41, 5.74) is -1.27. The van der Waals surface area contributed by atoms with Gasteiger partial charge >= 0.3 is 18.0 Å². The maximum atomic E-state index is 12.6. The number of carbonyl (C=O) groups is 2. The molecule has 9 heteroatoms. The van der Waals surface area contributed by atoms with Crippen molar-refractivity contribution in [1.82, 2.24) is 5.32 Å². The Hall–Kier alpha value is -1.80. The summed E-state index contributed by atoms with van der Waals surface area (Å²) in [7, 11) is 0. The van der Waals surface area contributed by atoms with Crippen molar-refractivity contribution in [3.05, 3.63) is 28.8 Å². The van der Waals surface area contributed by atoms with Gasteiger partial charge in [-0.05, 0) is 37.5 Å². The molecule has 0 fully saturated rings. The minimum atomic E-state index is -4.58. The highest BCUT2D eigenvalue weighted by atomic mass is 35.5. The number of carbonyl (C=O) groups excluding carboxylic acids is 2. The fourth-order valence-electron chi connectivity index (χ4n) is 1.67. The van der Waals surface area contributed by atoms with Gasteiger partial charge in [-0.1, -0.05) is 11.6 Å². The summed E-state index contributed by atoms with van der Waals surface area (Å²) < 4.78 is 37.8. The van der Waals surface area contributed by atoms with E-state index in [1.807, 2.05) is 0 Å². The van der Waals surface area contributed by atoms with Crippen LogP contribution in [-0.2, 0) is 15.8 Å². The van der Waals surface area contributed by atoms with Crippen LogP contribution in [0.2, 0.25) is 5.02 Å². The van der Waals surface area contributed by atoms with E-state index in [2.05, 4.69) is 10.6 Å². The first-order chi connectivity index (χ1) is 10.8. The smallest absolute Gasteiger partial charge is 0.396 e. The Labute approximate surface area is 135 Å². The molecule has 0 aromatic heterocycles. The van der Waals surface area contributed by atoms with Crippen LogP contribution >= 0.6 is 11.6 Å². The molecule has 0 aliphatic rings. The van der Waals surface area contributed by atoms with E-state index in [9.17, 15) is 22.8 Å². The van der Waals surface area contributed by atoms with E-state index in [4.69, 9.17) is 16.7 Å². The topological polar surface area (TPSA) is 78.4 Å². The number of amides is 2. The molecule has 1 rings (SSSR count). The molecule has 2 amide bonds. The highest BCUT2D eigenvalue weighted by Crippen LogP contribution is 2.33. The van der Waals surface area contributed by atoms with Gasteiger partial charge in [-0.15, -0.1) is 0 Å². The molecular weight excluding hydrogens is 337 g/mol. The van der Waals surface area contributed by atoms with Crippen molar-refractivity contribution < 1.29 is 27.9 Å². The van der Waals surface area contributed by atoms with Crippen LogP contribution in [-0.4, -0.2) is 30.1 Å². The molecule has 0 saturated heterocycles. The van der Waals surface area contributed by atoms with Crippen LogP contribution in [0.4, 0.5) is 18.9 Å². The molecule has 0 radical (unpaired) electrons.